The van der Waals surface area contributed by atoms with Gasteiger partial charge in [-0.3, -0.25) is 19.7 Å². The molecule has 84 valence electrons. The Hall–Kier alpha value is -1.39. The smallest absolute Gasteiger partial charge is 0.249 e. The molecule has 0 aromatic heterocycles. The summed E-state index contributed by atoms with van der Waals surface area (Å²) in [5, 5.41) is 2.23. The fraction of sp³-hybridized carbons (Fsp3) is 0.700. The SMILES string of the molecule is CCC1C(=O)NC(=O)CN1C(=O)C(C)C. The molecule has 0 aromatic carbocycles. The molecule has 1 aliphatic rings. The van der Waals surface area contributed by atoms with Crippen LogP contribution in [0, 0.1) is 5.92 Å². The van der Waals surface area contributed by atoms with Crippen molar-refractivity contribution in [3.8, 4) is 0 Å². The maximum Gasteiger partial charge on any atom is 0.249 e. The van der Waals surface area contributed by atoms with Gasteiger partial charge >= 0.3 is 0 Å². The van der Waals surface area contributed by atoms with Crippen LogP contribution in [-0.4, -0.2) is 35.2 Å². The summed E-state index contributed by atoms with van der Waals surface area (Å²) in [7, 11) is 0. The van der Waals surface area contributed by atoms with E-state index in [2.05, 4.69) is 5.32 Å². The van der Waals surface area contributed by atoms with Crippen LogP contribution in [0.4, 0.5) is 0 Å². The van der Waals surface area contributed by atoms with Crippen molar-refractivity contribution in [1.29, 1.82) is 0 Å². The van der Waals surface area contributed by atoms with Crippen LogP contribution in [0.5, 0.6) is 0 Å². The summed E-state index contributed by atoms with van der Waals surface area (Å²) in [5.41, 5.74) is 0. The van der Waals surface area contributed by atoms with Gasteiger partial charge < -0.3 is 4.90 Å². The van der Waals surface area contributed by atoms with Crippen molar-refractivity contribution in [3.63, 3.8) is 0 Å². The lowest BCUT2D eigenvalue weighted by atomic mass is 10.1. The Morgan fingerprint density at radius 1 is 1.53 bits per heavy atom. The minimum absolute atomic E-state index is 0.0126. The first-order valence-corrected chi connectivity index (χ1v) is 5.11. The summed E-state index contributed by atoms with van der Waals surface area (Å²) in [4.78, 5) is 35.7. The van der Waals surface area contributed by atoms with Crippen molar-refractivity contribution >= 4 is 17.7 Å². The molecule has 1 saturated heterocycles. The zero-order valence-electron chi connectivity index (χ0n) is 9.24. The van der Waals surface area contributed by atoms with Gasteiger partial charge in [-0.2, -0.15) is 0 Å². The third-order valence-electron chi connectivity index (χ3n) is 2.42. The van der Waals surface area contributed by atoms with Gasteiger partial charge in [0.15, 0.2) is 0 Å². The van der Waals surface area contributed by atoms with Crippen molar-refractivity contribution in [2.24, 2.45) is 5.92 Å². The number of amides is 3. The molecule has 1 atom stereocenters. The fourth-order valence-corrected chi connectivity index (χ4v) is 1.64. The number of carbonyl (C=O) groups excluding carboxylic acids is 3. The summed E-state index contributed by atoms with van der Waals surface area (Å²) < 4.78 is 0. The Balaban J connectivity index is 2.87. The molecule has 5 heteroatoms. The van der Waals surface area contributed by atoms with E-state index in [0.717, 1.165) is 0 Å². The average Bonchev–Trinajstić information content (AvgIpc) is 2.15. The summed E-state index contributed by atoms with van der Waals surface area (Å²) in [5.74, 6) is -1.12. The van der Waals surface area contributed by atoms with Crippen molar-refractivity contribution in [2.45, 2.75) is 33.2 Å². The lowest BCUT2D eigenvalue weighted by Crippen LogP contribution is -2.60. The summed E-state index contributed by atoms with van der Waals surface area (Å²) in [6, 6.07) is -0.502. The Labute approximate surface area is 88.8 Å². The molecule has 1 unspecified atom stereocenters. The number of imide groups is 1. The molecule has 0 bridgehead atoms. The molecule has 0 saturated carbocycles. The number of hydrogen-bond acceptors (Lipinski definition) is 3. The second-order valence-electron chi connectivity index (χ2n) is 3.96. The molecule has 0 aliphatic carbocycles. The molecule has 1 N–H and O–H groups in total. The maximum atomic E-state index is 11.8. The van der Waals surface area contributed by atoms with Crippen LogP contribution < -0.4 is 5.32 Å². The molecule has 0 spiro atoms. The number of piperazine rings is 1. The highest BCUT2D eigenvalue weighted by Crippen LogP contribution is 2.12. The molecule has 5 nitrogen and oxygen atoms in total. The Morgan fingerprint density at radius 2 is 2.13 bits per heavy atom. The predicted molar refractivity (Wildman–Crippen MR) is 53.8 cm³/mol. The molecule has 15 heavy (non-hydrogen) atoms. The van der Waals surface area contributed by atoms with Gasteiger partial charge in [-0.1, -0.05) is 20.8 Å². The molecular formula is C10H16N2O3. The average molecular weight is 212 g/mol. The number of nitrogens with zero attached hydrogens (tertiary/aromatic N) is 1. The first kappa shape index (κ1) is 11.7. The van der Waals surface area contributed by atoms with Crippen molar-refractivity contribution in [3.05, 3.63) is 0 Å². The minimum Gasteiger partial charge on any atom is -0.321 e. The summed E-state index contributed by atoms with van der Waals surface area (Å²) in [6.45, 7) is 5.32. The molecule has 1 heterocycles. The first-order valence-electron chi connectivity index (χ1n) is 5.11. The first-order chi connectivity index (χ1) is 6.97. The van der Waals surface area contributed by atoms with Gasteiger partial charge in [0.2, 0.25) is 17.7 Å². The van der Waals surface area contributed by atoms with Gasteiger partial charge in [0.05, 0.1) is 0 Å². The topological polar surface area (TPSA) is 66.5 Å². The van der Waals surface area contributed by atoms with Crippen LogP contribution in [0.1, 0.15) is 27.2 Å². The largest absolute Gasteiger partial charge is 0.321 e. The van der Waals surface area contributed by atoms with Gasteiger partial charge in [-0.15, -0.1) is 0 Å². The van der Waals surface area contributed by atoms with Gasteiger partial charge in [0.1, 0.15) is 12.6 Å². The minimum atomic E-state index is -0.502. The normalized spacial score (nSPS) is 21.9. The van der Waals surface area contributed by atoms with E-state index in [9.17, 15) is 14.4 Å². The number of rotatable bonds is 2. The van der Waals surface area contributed by atoms with E-state index in [0.29, 0.717) is 6.42 Å². The Bertz CT molecular complexity index is 299. The highest BCUT2D eigenvalue weighted by molar-refractivity contribution is 6.04. The molecule has 1 aliphatic heterocycles. The highest BCUT2D eigenvalue weighted by atomic mass is 16.2. The molecule has 3 amide bonds. The Kier molecular flexibility index (Phi) is 3.44. The molecule has 0 aromatic rings. The molecule has 0 radical (unpaired) electrons. The van der Waals surface area contributed by atoms with E-state index in [1.54, 1.807) is 13.8 Å². The van der Waals surface area contributed by atoms with Crippen molar-refractivity contribution in [1.82, 2.24) is 10.2 Å². The molecule has 1 fully saturated rings. The van der Waals surface area contributed by atoms with Gasteiger partial charge in [0.25, 0.3) is 0 Å². The van der Waals surface area contributed by atoms with E-state index in [1.807, 2.05) is 6.92 Å². The second-order valence-corrected chi connectivity index (χ2v) is 3.96. The standard InChI is InChI=1S/C10H16N2O3/c1-4-7-9(14)11-8(13)5-12(7)10(15)6(2)3/h6-7H,4-5H2,1-3H3,(H,11,13,14). The number of hydrogen-bond donors (Lipinski definition) is 1. The van der Waals surface area contributed by atoms with E-state index in [4.69, 9.17) is 0 Å². The fourth-order valence-electron chi connectivity index (χ4n) is 1.64. The van der Waals surface area contributed by atoms with Gasteiger partial charge in [0, 0.05) is 5.92 Å². The van der Waals surface area contributed by atoms with E-state index < -0.39 is 11.9 Å². The Morgan fingerprint density at radius 3 is 2.60 bits per heavy atom. The van der Waals surface area contributed by atoms with Crippen LogP contribution in [0.3, 0.4) is 0 Å². The lowest BCUT2D eigenvalue weighted by Gasteiger charge is -2.34. The number of nitrogens with one attached hydrogen (secondary N) is 1. The maximum absolute atomic E-state index is 11.8. The highest BCUT2D eigenvalue weighted by Gasteiger charge is 2.35. The number of carbonyl (C=O) groups is 3. The predicted octanol–water partition coefficient (Wildman–Crippen LogP) is -0.0940. The van der Waals surface area contributed by atoms with Crippen LogP contribution >= 0.6 is 0 Å². The third kappa shape index (κ3) is 2.34. The lowest BCUT2D eigenvalue weighted by molar-refractivity contribution is -0.151. The van der Waals surface area contributed by atoms with E-state index in [1.165, 1.54) is 4.90 Å². The van der Waals surface area contributed by atoms with Crippen molar-refractivity contribution in [2.75, 3.05) is 6.54 Å². The molecule has 1 rings (SSSR count). The van der Waals surface area contributed by atoms with Crippen molar-refractivity contribution < 1.29 is 14.4 Å². The monoisotopic (exact) mass is 212 g/mol. The van der Waals surface area contributed by atoms with Gasteiger partial charge in [-0.25, -0.2) is 0 Å². The summed E-state index contributed by atoms with van der Waals surface area (Å²) in [6.07, 6.45) is 0.525. The van der Waals surface area contributed by atoms with E-state index >= 15 is 0 Å². The zero-order valence-corrected chi connectivity index (χ0v) is 9.24. The van der Waals surface area contributed by atoms with Crippen LogP contribution in [0.2, 0.25) is 0 Å². The van der Waals surface area contributed by atoms with E-state index in [-0.39, 0.29) is 24.3 Å². The summed E-state index contributed by atoms with van der Waals surface area (Å²) >= 11 is 0. The van der Waals surface area contributed by atoms with Crippen LogP contribution in [0.15, 0.2) is 0 Å². The molecular weight excluding hydrogens is 196 g/mol. The second kappa shape index (κ2) is 4.42. The quantitative estimate of drug-likeness (QED) is 0.650. The van der Waals surface area contributed by atoms with Gasteiger partial charge in [-0.05, 0) is 6.42 Å². The van der Waals surface area contributed by atoms with Crippen LogP contribution in [-0.2, 0) is 14.4 Å². The van der Waals surface area contributed by atoms with Crippen LogP contribution in [0.25, 0.3) is 0 Å². The zero-order chi connectivity index (χ0) is 11.6. The third-order valence-corrected chi connectivity index (χ3v) is 2.42.